The predicted molar refractivity (Wildman–Crippen MR) is 67.5 cm³/mol. The van der Waals surface area contributed by atoms with Gasteiger partial charge in [0.2, 0.25) is 0 Å². The molecule has 1 aromatic rings. The number of nitrogens with zero attached hydrogens (tertiary/aromatic N) is 3. The summed E-state index contributed by atoms with van der Waals surface area (Å²) in [6.45, 7) is 8.71. The minimum Gasteiger partial charge on any atom is -0.393 e. The molecule has 0 amide bonds. The highest BCUT2D eigenvalue weighted by molar-refractivity contribution is 4.83. The van der Waals surface area contributed by atoms with Gasteiger partial charge in [-0.05, 0) is 32.2 Å². The van der Waals surface area contributed by atoms with Gasteiger partial charge in [-0.15, -0.1) is 0 Å². The summed E-state index contributed by atoms with van der Waals surface area (Å²) in [7, 11) is 0. The molecule has 0 aliphatic heterocycles. The van der Waals surface area contributed by atoms with Crippen LogP contribution in [-0.4, -0.2) is 32.5 Å². The number of rotatable bonds is 8. The topological polar surface area (TPSA) is 63.0 Å². The zero-order chi connectivity index (χ0) is 12.7. The van der Waals surface area contributed by atoms with Crippen LogP contribution in [0.15, 0.2) is 6.33 Å². The van der Waals surface area contributed by atoms with E-state index in [2.05, 4.69) is 29.2 Å². The Labute approximate surface area is 103 Å². The van der Waals surface area contributed by atoms with Crippen LogP contribution in [0.3, 0.4) is 0 Å². The van der Waals surface area contributed by atoms with Crippen molar-refractivity contribution in [2.75, 3.05) is 6.54 Å². The molecule has 1 unspecified atom stereocenters. The fourth-order valence-electron chi connectivity index (χ4n) is 1.65. The Morgan fingerprint density at radius 2 is 2.18 bits per heavy atom. The Hall–Kier alpha value is -0.940. The first-order valence-electron chi connectivity index (χ1n) is 6.35. The van der Waals surface area contributed by atoms with Crippen LogP contribution in [0.4, 0.5) is 0 Å². The lowest BCUT2D eigenvalue weighted by molar-refractivity contribution is 0.181. The van der Waals surface area contributed by atoms with Crippen molar-refractivity contribution in [2.45, 2.75) is 52.8 Å². The van der Waals surface area contributed by atoms with E-state index in [-0.39, 0.29) is 6.10 Å². The van der Waals surface area contributed by atoms with E-state index >= 15 is 0 Å². The van der Waals surface area contributed by atoms with Crippen LogP contribution >= 0.6 is 0 Å². The van der Waals surface area contributed by atoms with Crippen LogP contribution < -0.4 is 5.32 Å². The maximum atomic E-state index is 9.12. The lowest BCUT2D eigenvalue weighted by Gasteiger charge is -2.09. The van der Waals surface area contributed by atoms with E-state index in [9.17, 15) is 0 Å². The summed E-state index contributed by atoms with van der Waals surface area (Å²) in [6.07, 6.45) is 3.22. The van der Waals surface area contributed by atoms with Crippen molar-refractivity contribution in [3.05, 3.63) is 12.2 Å². The molecule has 0 spiro atoms. The molecule has 0 bridgehead atoms. The second-order valence-corrected chi connectivity index (χ2v) is 4.92. The molecule has 0 aromatic carbocycles. The predicted octanol–water partition coefficient (Wildman–Crippen LogP) is 1.18. The Bertz CT molecular complexity index is 309. The van der Waals surface area contributed by atoms with Gasteiger partial charge in [0.15, 0.2) is 0 Å². The normalized spacial score (nSPS) is 13.2. The number of hydrogen-bond acceptors (Lipinski definition) is 4. The highest BCUT2D eigenvalue weighted by atomic mass is 16.3. The third kappa shape index (κ3) is 5.79. The largest absolute Gasteiger partial charge is 0.393 e. The molecule has 0 aliphatic rings. The molecule has 1 aromatic heterocycles. The first-order valence-corrected chi connectivity index (χ1v) is 6.35. The molecule has 5 nitrogen and oxygen atoms in total. The second kappa shape index (κ2) is 7.40. The third-order valence-corrected chi connectivity index (χ3v) is 2.49. The molecule has 17 heavy (non-hydrogen) atoms. The van der Waals surface area contributed by atoms with Crippen LogP contribution in [0, 0.1) is 5.92 Å². The maximum absolute atomic E-state index is 9.12. The summed E-state index contributed by atoms with van der Waals surface area (Å²) >= 11 is 0. The molecule has 0 saturated carbocycles. The van der Waals surface area contributed by atoms with Gasteiger partial charge in [-0.25, -0.2) is 9.67 Å². The average Bonchev–Trinajstić information content (AvgIpc) is 2.64. The quantitative estimate of drug-likeness (QED) is 0.670. The Morgan fingerprint density at radius 3 is 2.82 bits per heavy atom. The summed E-state index contributed by atoms with van der Waals surface area (Å²) in [5.41, 5.74) is 0. The van der Waals surface area contributed by atoms with E-state index in [1.165, 1.54) is 0 Å². The van der Waals surface area contributed by atoms with Crippen molar-refractivity contribution in [2.24, 2.45) is 5.92 Å². The van der Waals surface area contributed by atoms with Crippen LogP contribution in [0.25, 0.3) is 0 Å². The number of aliphatic hydroxyl groups excluding tert-OH is 1. The highest BCUT2D eigenvalue weighted by Gasteiger charge is 2.05. The number of nitrogens with one attached hydrogen (secondary N) is 1. The van der Waals surface area contributed by atoms with Crippen molar-refractivity contribution in [1.29, 1.82) is 0 Å². The van der Waals surface area contributed by atoms with Crippen LogP contribution in [0.5, 0.6) is 0 Å². The smallest absolute Gasteiger partial charge is 0.140 e. The molecule has 5 heteroatoms. The standard InChI is InChI=1S/C12H24N4O/c1-10(2)8-16-12(14-9-15-16)7-13-6-4-5-11(3)17/h9-11,13,17H,4-8H2,1-3H3. The van der Waals surface area contributed by atoms with Gasteiger partial charge in [0.1, 0.15) is 12.2 Å². The van der Waals surface area contributed by atoms with Gasteiger partial charge in [0, 0.05) is 6.54 Å². The van der Waals surface area contributed by atoms with Gasteiger partial charge in [-0.2, -0.15) is 5.10 Å². The highest BCUT2D eigenvalue weighted by Crippen LogP contribution is 2.01. The van der Waals surface area contributed by atoms with Crippen molar-refractivity contribution < 1.29 is 5.11 Å². The first kappa shape index (κ1) is 14.1. The van der Waals surface area contributed by atoms with Gasteiger partial charge >= 0.3 is 0 Å². The van der Waals surface area contributed by atoms with Crippen molar-refractivity contribution >= 4 is 0 Å². The summed E-state index contributed by atoms with van der Waals surface area (Å²) in [5, 5.41) is 16.7. The molecule has 0 aliphatic carbocycles. The van der Waals surface area contributed by atoms with Crippen molar-refractivity contribution in [3.63, 3.8) is 0 Å². The third-order valence-electron chi connectivity index (χ3n) is 2.49. The van der Waals surface area contributed by atoms with Crippen LogP contribution in [0.2, 0.25) is 0 Å². The van der Waals surface area contributed by atoms with Crippen molar-refractivity contribution in [3.8, 4) is 0 Å². The number of aliphatic hydroxyl groups is 1. The molecule has 1 atom stereocenters. The van der Waals surface area contributed by atoms with Crippen LogP contribution in [0.1, 0.15) is 39.4 Å². The van der Waals surface area contributed by atoms with Crippen molar-refractivity contribution in [1.82, 2.24) is 20.1 Å². The van der Waals surface area contributed by atoms with Gasteiger partial charge in [0.25, 0.3) is 0 Å². The molecule has 0 saturated heterocycles. The molecule has 1 rings (SSSR count). The Morgan fingerprint density at radius 1 is 1.41 bits per heavy atom. The fraction of sp³-hybridized carbons (Fsp3) is 0.833. The van der Waals surface area contributed by atoms with E-state index in [1.54, 1.807) is 6.33 Å². The minimum atomic E-state index is -0.207. The molecule has 98 valence electrons. The lowest BCUT2D eigenvalue weighted by atomic mass is 10.2. The summed E-state index contributed by atoms with van der Waals surface area (Å²) < 4.78 is 1.95. The van der Waals surface area contributed by atoms with Crippen LogP contribution in [-0.2, 0) is 13.1 Å². The summed E-state index contributed by atoms with van der Waals surface area (Å²) in [4.78, 5) is 4.24. The summed E-state index contributed by atoms with van der Waals surface area (Å²) in [6, 6.07) is 0. The van der Waals surface area contributed by atoms with E-state index in [0.29, 0.717) is 5.92 Å². The molecule has 1 heterocycles. The van der Waals surface area contributed by atoms with Gasteiger partial charge in [-0.1, -0.05) is 13.8 Å². The monoisotopic (exact) mass is 240 g/mol. The first-order chi connectivity index (χ1) is 8.09. The van der Waals surface area contributed by atoms with E-state index in [0.717, 1.165) is 38.3 Å². The van der Waals surface area contributed by atoms with E-state index in [1.807, 2.05) is 11.6 Å². The average molecular weight is 240 g/mol. The number of aromatic nitrogens is 3. The maximum Gasteiger partial charge on any atom is 0.140 e. The van der Waals surface area contributed by atoms with E-state index < -0.39 is 0 Å². The zero-order valence-corrected chi connectivity index (χ0v) is 11.1. The molecule has 0 fully saturated rings. The summed E-state index contributed by atoms with van der Waals surface area (Å²) in [5.74, 6) is 1.56. The zero-order valence-electron chi connectivity index (χ0n) is 11.1. The second-order valence-electron chi connectivity index (χ2n) is 4.92. The van der Waals surface area contributed by atoms with E-state index in [4.69, 9.17) is 5.11 Å². The molecule has 2 N–H and O–H groups in total. The van der Waals surface area contributed by atoms with Gasteiger partial charge in [-0.3, -0.25) is 0 Å². The molecular weight excluding hydrogens is 216 g/mol. The Balaban J connectivity index is 2.24. The molecular formula is C12H24N4O. The Kier molecular flexibility index (Phi) is 6.15. The van der Waals surface area contributed by atoms with Gasteiger partial charge < -0.3 is 10.4 Å². The molecule has 0 radical (unpaired) electrons. The minimum absolute atomic E-state index is 0.207. The van der Waals surface area contributed by atoms with Gasteiger partial charge in [0.05, 0.1) is 12.6 Å². The SMILES string of the molecule is CC(C)Cn1ncnc1CNCCCC(C)O. The fourth-order valence-corrected chi connectivity index (χ4v) is 1.65. The number of hydrogen-bond donors (Lipinski definition) is 2. The lowest BCUT2D eigenvalue weighted by Crippen LogP contribution is -2.20.